The summed E-state index contributed by atoms with van der Waals surface area (Å²) >= 11 is 1.63. The zero-order valence-electron chi connectivity index (χ0n) is 10.6. The molecule has 0 aromatic carbocycles. The third-order valence-corrected chi connectivity index (χ3v) is 4.71. The van der Waals surface area contributed by atoms with Crippen LogP contribution in [0.5, 0.6) is 0 Å². The van der Waals surface area contributed by atoms with Crippen LogP contribution in [0.4, 0.5) is 0 Å². The summed E-state index contributed by atoms with van der Waals surface area (Å²) in [6, 6.07) is 0.740. The Hall–Kier alpha value is -0.940. The van der Waals surface area contributed by atoms with Gasteiger partial charge >= 0.3 is 0 Å². The second kappa shape index (κ2) is 4.97. The number of thiazole rings is 1. The first-order valence-corrected chi connectivity index (χ1v) is 7.59. The topological polar surface area (TPSA) is 45.2 Å². The lowest BCUT2D eigenvalue weighted by Crippen LogP contribution is -2.51. The number of nitrogens with one attached hydrogen (secondary N) is 1. The van der Waals surface area contributed by atoms with Crippen molar-refractivity contribution in [3.63, 3.8) is 0 Å². The maximum Gasteiger partial charge on any atom is 0.240 e. The van der Waals surface area contributed by atoms with E-state index in [1.165, 1.54) is 12.8 Å². The summed E-state index contributed by atoms with van der Waals surface area (Å²) < 4.78 is 0. The first-order chi connectivity index (χ1) is 8.75. The number of carbonyl (C=O) groups is 1. The van der Waals surface area contributed by atoms with Gasteiger partial charge in [-0.15, -0.1) is 11.3 Å². The molecule has 0 spiro atoms. The molecule has 3 rings (SSSR count). The predicted octanol–water partition coefficient (Wildman–Crippen LogP) is 1.95. The molecule has 5 heteroatoms. The average molecular weight is 265 g/mol. The zero-order valence-corrected chi connectivity index (χ0v) is 11.4. The molecule has 2 atom stereocenters. The fraction of sp³-hybridized carbons (Fsp3) is 0.692. The molecule has 2 aliphatic rings. The Morgan fingerprint density at radius 2 is 2.33 bits per heavy atom. The van der Waals surface area contributed by atoms with E-state index in [0.29, 0.717) is 6.04 Å². The summed E-state index contributed by atoms with van der Waals surface area (Å²) in [5.74, 6) is 0.260. The highest BCUT2D eigenvalue weighted by Crippen LogP contribution is 2.28. The molecule has 1 aliphatic carbocycles. The molecule has 4 nitrogen and oxygen atoms in total. The quantitative estimate of drug-likeness (QED) is 0.905. The van der Waals surface area contributed by atoms with Crippen molar-refractivity contribution in [1.82, 2.24) is 15.2 Å². The number of piperidine rings is 1. The van der Waals surface area contributed by atoms with E-state index >= 15 is 0 Å². The van der Waals surface area contributed by atoms with Gasteiger partial charge in [0.25, 0.3) is 0 Å². The molecule has 1 saturated heterocycles. The van der Waals surface area contributed by atoms with Gasteiger partial charge in [0, 0.05) is 24.2 Å². The van der Waals surface area contributed by atoms with Crippen LogP contribution in [0.1, 0.15) is 43.7 Å². The maximum atomic E-state index is 12.5. The van der Waals surface area contributed by atoms with Crippen LogP contribution < -0.4 is 5.32 Å². The van der Waals surface area contributed by atoms with Gasteiger partial charge in [0.15, 0.2) is 0 Å². The molecule has 1 saturated carbocycles. The van der Waals surface area contributed by atoms with Crippen molar-refractivity contribution < 1.29 is 4.79 Å². The predicted molar refractivity (Wildman–Crippen MR) is 71.4 cm³/mol. The minimum Gasteiger partial charge on any atom is -0.332 e. The van der Waals surface area contributed by atoms with Crippen LogP contribution in [0, 0.1) is 0 Å². The van der Waals surface area contributed by atoms with E-state index in [1.54, 1.807) is 11.3 Å². The van der Waals surface area contributed by atoms with Crippen LogP contribution in [-0.4, -0.2) is 34.4 Å². The lowest BCUT2D eigenvalue weighted by Gasteiger charge is -2.36. The first kappa shape index (κ1) is 12.1. The molecule has 2 unspecified atom stereocenters. The van der Waals surface area contributed by atoms with E-state index in [9.17, 15) is 4.79 Å². The van der Waals surface area contributed by atoms with Gasteiger partial charge in [-0.05, 0) is 32.6 Å². The summed E-state index contributed by atoms with van der Waals surface area (Å²) in [4.78, 5) is 18.8. The van der Waals surface area contributed by atoms with Crippen molar-refractivity contribution in [3.05, 3.63) is 16.6 Å². The smallest absolute Gasteiger partial charge is 0.240 e. The van der Waals surface area contributed by atoms with Gasteiger partial charge in [-0.3, -0.25) is 4.79 Å². The minimum absolute atomic E-state index is 0.0358. The van der Waals surface area contributed by atoms with E-state index in [4.69, 9.17) is 0 Å². The molecule has 1 aromatic rings. The van der Waals surface area contributed by atoms with Gasteiger partial charge in [-0.1, -0.05) is 0 Å². The van der Waals surface area contributed by atoms with Crippen LogP contribution >= 0.6 is 11.3 Å². The van der Waals surface area contributed by atoms with E-state index < -0.39 is 0 Å². The number of amides is 1. The highest BCUT2D eigenvalue weighted by Gasteiger charge is 2.35. The van der Waals surface area contributed by atoms with Gasteiger partial charge in [-0.2, -0.15) is 0 Å². The molecular weight excluding hydrogens is 246 g/mol. The van der Waals surface area contributed by atoms with Crippen molar-refractivity contribution in [2.45, 2.75) is 50.7 Å². The third-order valence-electron chi connectivity index (χ3n) is 3.76. The Kier molecular flexibility index (Phi) is 3.35. The average Bonchev–Trinajstić information content (AvgIpc) is 3.02. The molecule has 0 bridgehead atoms. The molecular formula is C13H19N3OS. The molecule has 18 heavy (non-hydrogen) atoms. The third kappa shape index (κ3) is 2.42. The number of nitrogens with zero attached hydrogens (tertiary/aromatic N) is 2. The summed E-state index contributed by atoms with van der Waals surface area (Å²) in [6.45, 7) is 2.94. The number of aromatic nitrogens is 1. The molecule has 1 N–H and O–H groups in total. The van der Waals surface area contributed by atoms with Gasteiger partial charge in [0.05, 0.1) is 12.1 Å². The molecule has 2 fully saturated rings. The van der Waals surface area contributed by atoms with Gasteiger partial charge < -0.3 is 10.2 Å². The lowest BCUT2D eigenvalue weighted by molar-refractivity contribution is -0.138. The van der Waals surface area contributed by atoms with Crippen LogP contribution in [0.3, 0.4) is 0 Å². The Labute approximate surface area is 111 Å². The maximum absolute atomic E-state index is 12.5. The van der Waals surface area contributed by atoms with Crippen molar-refractivity contribution in [2.75, 3.05) is 6.54 Å². The summed E-state index contributed by atoms with van der Waals surface area (Å²) in [5, 5.41) is 6.47. The van der Waals surface area contributed by atoms with Gasteiger partial charge in [0.1, 0.15) is 5.01 Å². The Balaban J connectivity index is 1.69. The lowest BCUT2D eigenvalue weighted by atomic mass is 10.0. The first-order valence-electron chi connectivity index (χ1n) is 6.71. The molecule has 0 radical (unpaired) electrons. The highest BCUT2D eigenvalue weighted by atomic mass is 32.1. The minimum atomic E-state index is 0.0358. The molecule has 2 heterocycles. The SMILES string of the molecule is CC(c1nccs1)N1CCCC(NC2CC2)C1=O. The Morgan fingerprint density at radius 1 is 1.50 bits per heavy atom. The van der Waals surface area contributed by atoms with Crippen molar-refractivity contribution in [2.24, 2.45) is 0 Å². The van der Waals surface area contributed by atoms with Crippen molar-refractivity contribution in [1.29, 1.82) is 0 Å². The zero-order chi connectivity index (χ0) is 12.5. The van der Waals surface area contributed by atoms with Gasteiger partial charge in [0.2, 0.25) is 5.91 Å². The van der Waals surface area contributed by atoms with Crippen molar-refractivity contribution >= 4 is 17.2 Å². The number of hydrogen-bond donors (Lipinski definition) is 1. The van der Waals surface area contributed by atoms with E-state index in [2.05, 4.69) is 17.2 Å². The van der Waals surface area contributed by atoms with E-state index in [-0.39, 0.29) is 18.0 Å². The number of likely N-dealkylation sites (tertiary alicyclic amines) is 1. The van der Waals surface area contributed by atoms with E-state index in [0.717, 1.165) is 24.4 Å². The molecule has 1 amide bonds. The normalized spacial score (nSPS) is 26.4. The van der Waals surface area contributed by atoms with Crippen LogP contribution in [0.15, 0.2) is 11.6 Å². The summed E-state index contributed by atoms with van der Waals surface area (Å²) in [6.07, 6.45) is 6.34. The van der Waals surface area contributed by atoms with Crippen LogP contribution in [0.25, 0.3) is 0 Å². The highest BCUT2D eigenvalue weighted by molar-refractivity contribution is 7.09. The molecule has 1 aromatic heterocycles. The largest absolute Gasteiger partial charge is 0.332 e. The second-order valence-electron chi connectivity index (χ2n) is 5.21. The van der Waals surface area contributed by atoms with Crippen LogP contribution in [-0.2, 0) is 4.79 Å². The second-order valence-corrected chi connectivity index (χ2v) is 6.14. The standard InChI is InChI=1S/C13H19N3OS/c1-9(12-14-6-8-18-12)16-7-2-3-11(13(16)17)15-10-4-5-10/h6,8-11,15H,2-5,7H2,1H3. The molecule has 1 aliphatic heterocycles. The van der Waals surface area contributed by atoms with E-state index in [1.807, 2.05) is 16.5 Å². The van der Waals surface area contributed by atoms with Gasteiger partial charge in [-0.25, -0.2) is 4.98 Å². The fourth-order valence-corrected chi connectivity index (χ4v) is 3.25. The number of rotatable bonds is 4. The summed E-state index contributed by atoms with van der Waals surface area (Å²) in [7, 11) is 0. The van der Waals surface area contributed by atoms with Crippen LogP contribution in [0.2, 0.25) is 0 Å². The molecule has 98 valence electrons. The Morgan fingerprint density at radius 3 is 3.00 bits per heavy atom. The number of carbonyl (C=O) groups excluding carboxylic acids is 1. The fourth-order valence-electron chi connectivity index (χ4n) is 2.55. The Bertz CT molecular complexity index is 416. The number of hydrogen-bond acceptors (Lipinski definition) is 4. The summed E-state index contributed by atoms with van der Waals surface area (Å²) in [5.41, 5.74) is 0. The van der Waals surface area contributed by atoms with Crippen molar-refractivity contribution in [3.8, 4) is 0 Å². The monoisotopic (exact) mass is 265 g/mol.